The van der Waals surface area contributed by atoms with E-state index in [2.05, 4.69) is 4.72 Å². The lowest BCUT2D eigenvalue weighted by Crippen LogP contribution is -2.52. The molecule has 0 saturated heterocycles. The van der Waals surface area contributed by atoms with Crippen molar-refractivity contribution in [2.24, 2.45) is 11.7 Å². The van der Waals surface area contributed by atoms with Crippen LogP contribution in [0.15, 0.2) is 23.1 Å². The van der Waals surface area contributed by atoms with Crippen LogP contribution < -0.4 is 10.5 Å². The molecule has 0 saturated carbocycles. The van der Waals surface area contributed by atoms with Crippen LogP contribution in [0, 0.1) is 23.0 Å². The number of benzene rings is 1. The van der Waals surface area contributed by atoms with Crippen LogP contribution in [0.2, 0.25) is 0 Å². The number of halogens is 1. The van der Waals surface area contributed by atoms with Crippen molar-refractivity contribution in [1.82, 2.24) is 4.72 Å². The van der Waals surface area contributed by atoms with Crippen LogP contribution in [-0.2, 0) is 10.0 Å². The predicted octanol–water partition coefficient (Wildman–Crippen LogP) is 2.37. The average molecular weight is 366 g/mol. The lowest BCUT2D eigenvalue weighted by atomic mass is 9.92. The maximum atomic E-state index is 12.7. The highest BCUT2D eigenvalue weighted by Gasteiger charge is 2.34. The van der Waals surface area contributed by atoms with Crippen molar-refractivity contribution in [1.29, 1.82) is 0 Å². The highest BCUT2D eigenvalue weighted by molar-refractivity contribution is 7.89. The monoisotopic (exact) mass is 365 g/mol. The number of nitrogens with one attached hydrogen (secondary N) is 1. The lowest BCUT2D eigenvalue weighted by molar-refractivity contribution is -0.387. The van der Waals surface area contributed by atoms with Gasteiger partial charge >= 0.3 is 0 Å². The number of hydrogen-bond donors (Lipinski definition) is 2. The fourth-order valence-corrected chi connectivity index (χ4v) is 4.40. The van der Waals surface area contributed by atoms with E-state index in [0.29, 0.717) is 12.0 Å². The Balaban J connectivity index is 0.00000484. The Hall–Kier alpha value is -1.22. The van der Waals surface area contributed by atoms with Gasteiger partial charge in [-0.05, 0) is 31.7 Å². The Morgan fingerprint density at radius 2 is 1.96 bits per heavy atom. The van der Waals surface area contributed by atoms with Gasteiger partial charge in [-0.1, -0.05) is 26.0 Å². The molecule has 0 aromatic heterocycles. The highest BCUT2D eigenvalue weighted by atomic mass is 35.5. The topological polar surface area (TPSA) is 115 Å². The maximum absolute atomic E-state index is 12.7. The Labute approximate surface area is 143 Å². The molecule has 0 bridgehead atoms. The number of nitrogens with zero attached hydrogens (tertiary/aromatic N) is 1. The third kappa shape index (κ3) is 5.42. The first-order valence-electron chi connectivity index (χ1n) is 7.00. The Bertz CT molecular complexity index is 664. The molecule has 1 unspecified atom stereocenters. The molecule has 23 heavy (non-hydrogen) atoms. The predicted molar refractivity (Wildman–Crippen MR) is 92.3 cm³/mol. The van der Waals surface area contributed by atoms with E-state index in [-0.39, 0.29) is 29.8 Å². The van der Waals surface area contributed by atoms with Crippen molar-refractivity contribution in [3.63, 3.8) is 0 Å². The van der Waals surface area contributed by atoms with E-state index < -0.39 is 26.2 Å². The van der Waals surface area contributed by atoms with Gasteiger partial charge in [0.25, 0.3) is 5.69 Å². The smallest absolute Gasteiger partial charge is 0.289 e. The van der Waals surface area contributed by atoms with Crippen molar-refractivity contribution in [3.8, 4) is 0 Å². The number of sulfonamides is 1. The minimum atomic E-state index is -4.05. The molecule has 0 radical (unpaired) electrons. The van der Waals surface area contributed by atoms with Gasteiger partial charge in [-0.25, -0.2) is 13.1 Å². The van der Waals surface area contributed by atoms with E-state index in [1.807, 2.05) is 13.8 Å². The molecule has 0 spiro atoms. The van der Waals surface area contributed by atoms with E-state index in [1.54, 1.807) is 6.92 Å². The molecule has 0 heterocycles. The summed E-state index contributed by atoms with van der Waals surface area (Å²) in [5, 5.41) is 11.1. The van der Waals surface area contributed by atoms with Gasteiger partial charge < -0.3 is 5.73 Å². The molecule has 0 aliphatic carbocycles. The molecule has 1 rings (SSSR count). The Morgan fingerprint density at radius 3 is 2.39 bits per heavy atom. The van der Waals surface area contributed by atoms with Crippen molar-refractivity contribution in [3.05, 3.63) is 33.9 Å². The first kappa shape index (κ1) is 21.8. The number of hydrogen-bond acceptors (Lipinski definition) is 5. The van der Waals surface area contributed by atoms with Crippen LogP contribution in [0.25, 0.3) is 0 Å². The largest absolute Gasteiger partial charge is 0.329 e. The number of nitrogens with two attached hydrogens (primary N) is 1. The SMILES string of the molecule is Cc1cccc([N+](=O)[O-])c1S(=O)(=O)NC(C)(CN)CC(C)C.Cl. The molecular formula is C14H24ClN3O4S. The molecule has 9 heteroatoms. The third-order valence-electron chi connectivity index (χ3n) is 3.35. The van der Waals surface area contributed by atoms with Gasteiger partial charge in [-0.15, -0.1) is 12.4 Å². The van der Waals surface area contributed by atoms with Gasteiger partial charge in [0.05, 0.1) is 4.92 Å². The van der Waals surface area contributed by atoms with Crippen LogP contribution in [0.5, 0.6) is 0 Å². The van der Waals surface area contributed by atoms with Crippen LogP contribution in [0.3, 0.4) is 0 Å². The molecule has 1 aromatic rings. The highest BCUT2D eigenvalue weighted by Crippen LogP contribution is 2.28. The molecule has 132 valence electrons. The number of nitro benzene ring substituents is 1. The fraction of sp³-hybridized carbons (Fsp3) is 0.571. The number of nitro groups is 1. The van der Waals surface area contributed by atoms with Gasteiger partial charge in [-0.2, -0.15) is 0 Å². The zero-order valence-electron chi connectivity index (χ0n) is 13.7. The molecule has 0 fully saturated rings. The van der Waals surface area contributed by atoms with Crippen LogP contribution in [0.1, 0.15) is 32.8 Å². The molecule has 3 N–H and O–H groups in total. The van der Waals surface area contributed by atoms with Gasteiger partial charge in [-0.3, -0.25) is 10.1 Å². The summed E-state index contributed by atoms with van der Waals surface area (Å²) in [5.74, 6) is 0.225. The standard InChI is InChI=1S/C14H23N3O4S.ClH/c1-10(2)8-14(4,9-15)16-22(20,21)13-11(3)6-5-7-12(13)17(18)19;/h5-7,10,16H,8-9,15H2,1-4H3;1H. The molecule has 0 aliphatic heterocycles. The van der Waals surface area contributed by atoms with Gasteiger partial charge in [0.1, 0.15) is 0 Å². The van der Waals surface area contributed by atoms with E-state index >= 15 is 0 Å². The maximum Gasteiger partial charge on any atom is 0.289 e. The van der Waals surface area contributed by atoms with Crippen molar-refractivity contribution in [2.75, 3.05) is 6.54 Å². The van der Waals surface area contributed by atoms with E-state index in [4.69, 9.17) is 5.73 Å². The lowest BCUT2D eigenvalue weighted by Gasteiger charge is -2.30. The van der Waals surface area contributed by atoms with Gasteiger partial charge in [0.15, 0.2) is 4.90 Å². The molecule has 1 aromatic carbocycles. The summed E-state index contributed by atoms with van der Waals surface area (Å²) < 4.78 is 27.9. The summed E-state index contributed by atoms with van der Waals surface area (Å²) in [4.78, 5) is 10.1. The van der Waals surface area contributed by atoms with Crippen molar-refractivity contribution in [2.45, 2.75) is 44.6 Å². The summed E-state index contributed by atoms with van der Waals surface area (Å²) in [7, 11) is -4.05. The summed E-state index contributed by atoms with van der Waals surface area (Å²) in [6.07, 6.45) is 0.530. The molecule has 1 atom stereocenters. The molecule has 7 nitrogen and oxygen atoms in total. The molecule has 0 aliphatic rings. The minimum absolute atomic E-state index is 0. The van der Waals surface area contributed by atoms with Crippen molar-refractivity contribution < 1.29 is 13.3 Å². The van der Waals surface area contributed by atoms with E-state index in [1.165, 1.54) is 25.1 Å². The average Bonchev–Trinajstić information content (AvgIpc) is 2.36. The molecule has 0 amide bonds. The second-order valence-corrected chi connectivity index (χ2v) is 7.77. The first-order valence-corrected chi connectivity index (χ1v) is 8.49. The quantitative estimate of drug-likeness (QED) is 0.568. The van der Waals surface area contributed by atoms with E-state index in [9.17, 15) is 18.5 Å². The fourth-order valence-electron chi connectivity index (χ4n) is 2.57. The minimum Gasteiger partial charge on any atom is -0.329 e. The van der Waals surface area contributed by atoms with Crippen molar-refractivity contribution >= 4 is 28.1 Å². The summed E-state index contributed by atoms with van der Waals surface area (Å²) in [5.41, 5.74) is 4.75. The number of aryl methyl sites for hydroxylation is 1. The summed E-state index contributed by atoms with van der Waals surface area (Å²) in [6.45, 7) is 7.25. The van der Waals surface area contributed by atoms with Crippen LogP contribution >= 0.6 is 12.4 Å². The second-order valence-electron chi connectivity index (χ2n) is 6.15. The first-order chi connectivity index (χ1) is 10.0. The number of rotatable bonds is 7. The Kier molecular flexibility index (Phi) is 7.62. The normalized spacial score (nSPS) is 14.2. The zero-order chi connectivity index (χ0) is 17.1. The van der Waals surface area contributed by atoms with Crippen LogP contribution in [-0.4, -0.2) is 25.4 Å². The zero-order valence-corrected chi connectivity index (χ0v) is 15.3. The molecular weight excluding hydrogens is 342 g/mol. The van der Waals surface area contributed by atoms with Crippen LogP contribution in [0.4, 0.5) is 5.69 Å². The summed E-state index contributed by atoms with van der Waals surface area (Å²) in [6, 6.07) is 4.18. The summed E-state index contributed by atoms with van der Waals surface area (Å²) >= 11 is 0. The van der Waals surface area contributed by atoms with Gasteiger partial charge in [0.2, 0.25) is 10.0 Å². The second kappa shape index (κ2) is 8.05. The van der Waals surface area contributed by atoms with E-state index in [0.717, 1.165) is 0 Å². The Morgan fingerprint density at radius 1 is 1.39 bits per heavy atom. The third-order valence-corrected chi connectivity index (χ3v) is 5.18. The van der Waals surface area contributed by atoms with Gasteiger partial charge in [0, 0.05) is 18.2 Å².